The average Bonchev–Trinajstić information content (AvgIpc) is 2.73. The molecule has 0 aliphatic carbocycles. The number of aliphatic hydroxyl groups is 1. The van der Waals surface area contributed by atoms with Gasteiger partial charge in [-0.1, -0.05) is 43.1 Å². The van der Waals surface area contributed by atoms with E-state index in [0.717, 1.165) is 0 Å². The number of hydrogen-bond acceptors (Lipinski definition) is 5. The van der Waals surface area contributed by atoms with Gasteiger partial charge in [0, 0.05) is 25.2 Å². The van der Waals surface area contributed by atoms with E-state index in [-0.39, 0.29) is 28.6 Å². The summed E-state index contributed by atoms with van der Waals surface area (Å²) in [6, 6.07) is 10.5. The molecule has 2 N–H and O–H groups in total. The summed E-state index contributed by atoms with van der Waals surface area (Å²) < 4.78 is 31.7. The van der Waals surface area contributed by atoms with Gasteiger partial charge in [-0.3, -0.25) is 4.79 Å². The van der Waals surface area contributed by atoms with Crippen molar-refractivity contribution >= 4 is 39.1 Å². The van der Waals surface area contributed by atoms with Gasteiger partial charge in [-0.15, -0.1) is 0 Å². The first kappa shape index (κ1) is 24.4. The second-order valence-corrected chi connectivity index (χ2v) is 9.06. The van der Waals surface area contributed by atoms with Crippen molar-refractivity contribution in [3.8, 4) is 5.75 Å². The van der Waals surface area contributed by atoms with E-state index < -0.39 is 22.0 Å². The van der Waals surface area contributed by atoms with Crippen LogP contribution in [0, 0.1) is 0 Å². The minimum atomic E-state index is -3.58. The van der Waals surface area contributed by atoms with Crippen LogP contribution < -0.4 is 10.1 Å². The first-order valence-corrected chi connectivity index (χ1v) is 11.5. The number of aliphatic hydroxyl groups excluding tert-OH is 1. The number of carbonyl (C=O) groups excluding carboxylic acids is 1. The van der Waals surface area contributed by atoms with E-state index in [1.54, 1.807) is 32.0 Å². The smallest absolute Gasteiger partial charge is 0.251 e. The average molecular weight is 475 g/mol. The maximum absolute atomic E-state index is 12.5. The van der Waals surface area contributed by atoms with Crippen LogP contribution in [0.15, 0.2) is 47.4 Å². The van der Waals surface area contributed by atoms with Crippen LogP contribution in [0.1, 0.15) is 24.2 Å². The summed E-state index contributed by atoms with van der Waals surface area (Å²) in [7, 11) is -3.58. The fourth-order valence-corrected chi connectivity index (χ4v) is 4.45. The Morgan fingerprint density at radius 1 is 1.13 bits per heavy atom. The molecule has 0 aromatic heterocycles. The zero-order chi connectivity index (χ0) is 22.3. The quantitative estimate of drug-likeness (QED) is 0.551. The highest BCUT2D eigenvalue weighted by molar-refractivity contribution is 7.89. The number of ether oxygens (including phenoxy) is 1. The van der Waals surface area contributed by atoms with E-state index in [1.807, 2.05) is 0 Å². The number of hydrogen-bond donors (Lipinski definition) is 2. The summed E-state index contributed by atoms with van der Waals surface area (Å²) in [6.45, 7) is 4.09. The van der Waals surface area contributed by atoms with Crippen molar-refractivity contribution < 1.29 is 23.1 Å². The molecule has 1 unspecified atom stereocenters. The number of nitrogens with zero attached hydrogens (tertiary/aromatic N) is 1. The van der Waals surface area contributed by atoms with Crippen LogP contribution in [0.2, 0.25) is 10.0 Å². The van der Waals surface area contributed by atoms with E-state index in [0.29, 0.717) is 23.9 Å². The Kier molecular flexibility index (Phi) is 8.93. The third-order valence-corrected chi connectivity index (χ3v) is 7.17. The number of nitrogens with one attached hydrogen (secondary N) is 1. The van der Waals surface area contributed by atoms with Crippen LogP contribution in [0.25, 0.3) is 0 Å². The van der Waals surface area contributed by atoms with E-state index >= 15 is 0 Å². The number of halogens is 2. The lowest BCUT2D eigenvalue weighted by molar-refractivity contribution is 0.0844. The first-order valence-electron chi connectivity index (χ1n) is 9.34. The number of sulfonamides is 1. The Morgan fingerprint density at radius 3 is 2.37 bits per heavy atom. The molecule has 164 valence electrons. The fraction of sp³-hybridized carbons (Fsp3) is 0.350. The Labute approximate surface area is 186 Å². The van der Waals surface area contributed by atoms with Crippen LogP contribution in [-0.4, -0.2) is 56.1 Å². The van der Waals surface area contributed by atoms with Gasteiger partial charge < -0.3 is 15.2 Å². The highest BCUT2D eigenvalue weighted by Crippen LogP contribution is 2.31. The molecule has 0 saturated heterocycles. The van der Waals surface area contributed by atoms with Crippen LogP contribution >= 0.6 is 23.2 Å². The molecule has 0 bridgehead atoms. The standard InChI is InChI=1S/C20H24Cl2N2O5S/c1-3-24(4-2)30(27,28)16-10-8-14(9-11-16)20(26)23-12-15(25)13-29-18-7-5-6-17(21)19(18)22/h5-11,15,25H,3-4,12-13H2,1-2H3,(H,23,26). The maximum atomic E-state index is 12.5. The minimum Gasteiger partial charge on any atom is -0.489 e. The lowest BCUT2D eigenvalue weighted by Crippen LogP contribution is -2.35. The second-order valence-electron chi connectivity index (χ2n) is 6.34. The van der Waals surface area contributed by atoms with Gasteiger partial charge in [0.15, 0.2) is 0 Å². The van der Waals surface area contributed by atoms with Crippen molar-refractivity contribution in [2.24, 2.45) is 0 Å². The molecule has 2 aromatic rings. The van der Waals surface area contributed by atoms with Gasteiger partial charge in [-0.05, 0) is 36.4 Å². The molecule has 0 aliphatic rings. The summed E-state index contributed by atoms with van der Waals surface area (Å²) in [6.07, 6.45) is -0.980. The van der Waals surface area contributed by atoms with Crippen molar-refractivity contribution in [2.75, 3.05) is 26.2 Å². The molecule has 0 spiro atoms. The zero-order valence-electron chi connectivity index (χ0n) is 16.6. The van der Waals surface area contributed by atoms with Gasteiger partial charge in [0.25, 0.3) is 5.91 Å². The van der Waals surface area contributed by atoms with E-state index in [9.17, 15) is 18.3 Å². The van der Waals surface area contributed by atoms with Crippen LogP contribution in [0.4, 0.5) is 0 Å². The summed E-state index contributed by atoms with van der Waals surface area (Å²) in [5.74, 6) is -0.110. The highest BCUT2D eigenvalue weighted by Gasteiger charge is 2.21. The Hall–Kier alpha value is -1.84. The summed E-state index contributed by atoms with van der Waals surface area (Å²) >= 11 is 11.9. The Balaban J connectivity index is 1.91. The van der Waals surface area contributed by atoms with E-state index in [2.05, 4.69) is 5.32 Å². The van der Waals surface area contributed by atoms with Crippen molar-refractivity contribution in [3.63, 3.8) is 0 Å². The SMILES string of the molecule is CCN(CC)S(=O)(=O)c1ccc(C(=O)NCC(O)COc2cccc(Cl)c2Cl)cc1. The number of rotatable bonds is 10. The van der Waals surface area contributed by atoms with Crippen molar-refractivity contribution in [3.05, 3.63) is 58.1 Å². The molecule has 0 saturated carbocycles. The van der Waals surface area contributed by atoms with Crippen LogP contribution in [0.3, 0.4) is 0 Å². The number of benzene rings is 2. The molecule has 0 heterocycles. The number of amides is 1. The molecule has 0 fully saturated rings. The van der Waals surface area contributed by atoms with Gasteiger partial charge in [-0.25, -0.2) is 8.42 Å². The molecule has 2 rings (SSSR count). The normalized spacial score (nSPS) is 12.6. The molecule has 30 heavy (non-hydrogen) atoms. The summed E-state index contributed by atoms with van der Waals surface area (Å²) in [5, 5.41) is 13.2. The molecule has 0 radical (unpaired) electrons. The first-order chi connectivity index (χ1) is 14.2. The molecule has 10 heteroatoms. The Bertz CT molecular complexity index is 964. The third kappa shape index (κ3) is 6.09. The molecular weight excluding hydrogens is 451 g/mol. The number of carbonyl (C=O) groups is 1. The largest absolute Gasteiger partial charge is 0.489 e. The zero-order valence-corrected chi connectivity index (χ0v) is 19.0. The van der Waals surface area contributed by atoms with Crippen LogP contribution in [0.5, 0.6) is 5.75 Å². The predicted molar refractivity (Wildman–Crippen MR) is 117 cm³/mol. The van der Waals surface area contributed by atoms with Gasteiger partial charge in [-0.2, -0.15) is 4.31 Å². The molecular formula is C20H24Cl2N2O5S. The van der Waals surface area contributed by atoms with Gasteiger partial charge in [0.1, 0.15) is 23.5 Å². The Morgan fingerprint density at radius 2 is 1.77 bits per heavy atom. The molecule has 7 nitrogen and oxygen atoms in total. The lowest BCUT2D eigenvalue weighted by Gasteiger charge is -2.18. The molecule has 0 aliphatic heterocycles. The van der Waals surface area contributed by atoms with Crippen LogP contribution in [-0.2, 0) is 10.0 Å². The maximum Gasteiger partial charge on any atom is 0.251 e. The van der Waals surface area contributed by atoms with Crippen molar-refractivity contribution in [2.45, 2.75) is 24.8 Å². The fourth-order valence-electron chi connectivity index (χ4n) is 2.64. The lowest BCUT2D eigenvalue weighted by atomic mass is 10.2. The minimum absolute atomic E-state index is 0.0590. The van der Waals surface area contributed by atoms with Gasteiger partial charge >= 0.3 is 0 Å². The van der Waals surface area contributed by atoms with E-state index in [4.69, 9.17) is 27.9 Å². The van der Waals surface area contributed by atoms with E-state index in [1.165, 1.54) is 28.6 Å². The van der Waals surface area contributed by atoms with Gasteiger partial charge in [0.05, 0.1) is 9.92 Å². The topological polar surface area (TPSA) is 95.9 Å². The van der Waals surface area contributed by atoms with Crippen molar-refractivity contribution in [1.29, 1.82) is 0 Å². The molecule has 1 atom stereocenters. The molecule has 2 aromatic carbocycles. The summed E-state index contributed by atoms with van der Waals surface area (Å²) in [5.41, 5.74) is 0.277. The second kappa shape index (κ2) is 11.0. The third-order valence-electron chi connectivity index (χ3n) is 4.31. The van der Waals surface area contributed by atoms with Gasteiger partial charge in [0.2, 0.25) is 10.0 Å². The predicted octanol–water partition coefficient (Wildman–Crippen LogP) is 3.19. The van der Waals surface area contributed by atoms with Crippen molar-refractivity contribution in [1.82, 2.24) is 9.62 Å². The summed E-state index contributed by atoms with van der Waals surface area (Å²) in [4.78, 5) is 12.4. The highest BCUT2D eigenvalue weighted by atomic mass is 35.5. The molecule has 1 amide bonds. The monoisotopic (exact) mass is 474 g/mol.